The highest BCUT2D eigenvalue weighted by molar-refractivity contribution is 5.80. The molecule has 1 heterocycles. The van der Waals surface area contributed by atoms with Crippen LogP contribution in [-0.4, -0.2) is 31.3 Å². The van der Waals surface area contributed by atoms with Gasteiger partial charge in [0.2, 0.25) is 0 Å². The van der Waals surface area contributed by atoms with Gasteiger partial charge in [0.15, 0.2) is 5.82 Å². The molecule has 0 aliphatic rings. The van der Waals surface area contributed by atoms with Crippen molar-refractivity contribution in [2.45, 2.75) is 6.54 Å². The Morgan fingerprint density at radius 3 is 2.38 bits per heavy atom. The number of benzene rings is 2. The van der Waals surface area contributed by atoms with Gasteiger partial charge in [-0.1, -0.05) is 54.6 Å². The van der Waals surface area contributed by atoms with Gasteiger partial charge in [0.25, 0.3) is 0 Å². The highest BCUT2D eigenvalue weighted by atomic mass is 16.4. The molecule has 0 amide bonds. The maximum atomic E-state index is 10.9. The van der Waals surface area contributed by atoms with E-state index >= 15 is 0 Å². The first-order valence-corrected chi connectivity index (χ1v) is 6.38. The molecular formula is C15H12N4O2. The Morgan fingerprint density at radius 2 is 1.67 bits per heavy atom. The van der Waals surface area contributed by atoms with Gasteiger partial charge in [-0.2, -0.15) is 0 Å². The van der Waals surface area contributed by atoms with Gasteiger partial charge >= 0.3 is 5.97 Å². The number of nitrogens with zero attached hydrogens (tertiary/aromatic N) is 4. The maximum Gasteiger partial charge on any atom is 0.325 e. The number of rotatable bonds is 4. The van der Waals surface area contributed by atoms with Gasteiger partial charge in [-0.25, -0.2) is 4.68 Å². The zero-order valence-corrected chi connectivity index (χ0v) is 11.0. The van der Waals surface area contributed by atoms with Crippen LogP contribution in [-0.2, 0) is 11.3 Å². The van der Waals surface area contributed by atoms with Gasteiger partial charge in [0, 0.05) is 5.56 Å². The molecule has 1 N–H and O–H groups in total. The third-order valence-electron chi connectivity index (χ3n) is 3.07. The molecule has 1 aromatic heterocycles. The number of hydrogen-bond acceptors (Lipinski definition) is 4. The molecular weight excluding hydrogens is 268 g/mol. The molecule has 0 fully saturated rings. The SMILES string of the molecule is O=C(O)Cn1nnnc1-c1ccccc1-c1ccccc1. The van der Waals surface area contributed by atoms with Crippen molar-refractivity contribution in [2.24, 2.45) is 0 Å². The summed E-state index contributed by atoms with van der Waals surface area (Å²) in [5.41, 5.74) is 2.78. The van der Waals surface area contributed by atoms with Gasteiger partial charge in [-0.05, 0) is 21.6 Å². The second-order valence-corrected chi connectivity index (χ2v) is 4.47. The molecule has 0 aliphatic heterocycles. The van der Waals surface area contributed by atoms with Crippen molar-refractivity contribution >= 4 is 5.97 Å². The normalized spacial score (nSPS) is 10.5. The van der Waals surface area contributed by atoms with Gasteiger partial charge in [-0.3, -0.25) is 4.79 Å². The molecule has 0 unspecified atom stereocenters. The van der Waals surface area contributed by atoms with E-state index in [1.54, 1.807) is 0 Å². The number of carbonyl (C=O) groups is 1. The summed E-state index contributed by atoms with van der Waals surface area (Å²) < 4.78 is 1.28. The summed E-state index contributed by atoms with van der Waals surface area (Å²) in [5, 5.41) is 20.2. The lowest BCUT2D eigenvalue weighted by Crippen LogP contribution is -2.11. The molecule has 0 saturated carbocycles. The van der Waals surface area contributed by atoms with Gasteiger partial charge in [-0.15, -0.1) is 5.10 Å². The summed E-state index contributed by atoms with van der Waals surface area (Å²) in [6.45, 7) is -0.272. The lowest BCUT2D eigenvalue weighted by molar-refractivity contribution is -0.137. The van der Waals surface area contributed by atoms with Crippen LogP contribution in [0, 0.1) is 0 Å². The van der Waals surface area contributed by atoms with Crippen LogP contribution in [0.5, 0.6) is 0 Å². The van der Waals surface area contributed by atoms with Crippen LogP contribution < -0.4 is 0 Å². The zero-order valence-electron chi connectivity index (χ0n) is 11.0. The molecule has 0 aliphatic carbocycles. The van der Waals surface area contributed by atoms with E-state index in [2.05, 4.69) is 15.5 Å². The van der Waals surface area contributed by atoms with Gasteiger partial charge in [0.05, 0.1) is 0 Å². The topological polar surface area (TPSA) is 80.9 Å². The van der Waals surface area contributed by atoms with E-state index < -0.39 is 5.97 Å². The molecule has 0 saturated heterocycles. The molecule has 6 heteroatoms. The average molecular weight is 280 g/mol. The first kappa shape index (κ1) is 13.0. The Morgan fingerprint density at radius 1 is 1.00 bits per heavy atom. The highest BCUT2D eigenvalue weighted by Crippen LogP contribution is 2.30. The number of hydrogen-bond donors (Lipinski definition) is 1. The van der Waals surface area contributed by atoms with E-state index in [9.17, 15) is 4.79 Å². The number of tetrazole rings is 1. The minimum Gasteiger partial charge on any atom is -0.480 e. The average Bonchev–Trinajstić information content (AvgIpc) is 2.95. The van der Waals surface area contributed by atoms with Gasteiger partial charge in [0.1, 0.15) is 6.54 Å². The van der Waals surface area contributed by atoms with Crippen molar-refractivity contribution in [2.75, 3.05) is 0 Å². The summed E-state index contributed by atoms with van der Waals surface area (Å²) in [6.07, 6.45) is 0. The predicted molar refractivity (Wildman–Crippen MR) is 76.3 cm³/mol. The van der Waals surface area contributed by atoms with Crippen molar-refractivity contribution in [1.29, 1.82) is 0 Å². The number of aromatic nitrogens is 4. The Bertz CT molecular complexity index is 768. The van der Waals surface area contributed by atoms with E-state index in [0.29, 0.717) is 5.82 Å². The van der Waals surface area contributed by atoms with Crippen molar-refractivity contribution in [1.82, 2.24) is 20.2 Å². The second kappa shape index (κ2) is 5.54. The predicted octanol–water partition coefficient (Wildman–Crippen LogP) is 2.09. The summed E-state index contributed by atoms with van der Waals surface area (Å²) in [4.78, 5) is 10.9. The molecule has 104 valence electrons. The lowest BCUT2D eigenvalue weighted by Gasteiger charge is -2.09. The van der Waals surface area contributed by atoms with Crippen LogP contribution in [0.25, 0.3) is 22.5 Å². The van der Waals surface area contributed by atoms with Crippen LogP contribution >= 0.6 is 0 Å². The quantitative estimate of drug-likeness (QED) is 0.791. The van der Waals surface area contributed by atoms with Crippen LogP contribution in [0.2, 0.25) is 0 Å². The minimum atomic E-state index is -0.985. The van der Waals surface area contributed by atoms with E-state index in [1.807, 2.05) is 54.6 Å². The Hall–Kier alpha value is -3.02. The Kier molecular flexibility index (Phi) is 3.42. The number of carboxylic acids is 1. The highest BCUT2D eigenvalue weighted by Gasteiger charge is 2.15. The van der Waals surface area contributed by atoms with Crippen LogP contribution in [0.3, 0.4) is 0 Å². The summed E-state index contributed by atoms with van der Waals surface area (Å²) in [5.74, 6) is -0.544. The molecule has 0 spiro atoms. The maximum absolute atomic E-state index is 10.9. The van der Waals surface area contributed by atoms with Crippen LogP contribution in [0.1, 0.15) is 0 Å². The third kappa shape index (κ3) is 2.64. The van der Waals surface area contributed by atoms with Gasteiger partial charge < -0.3 is 5.11 Å². The van der Waals surface area contributed by atoms with Crippen molar-refractivity contribution in [3.8, 4) is 22.5 Å². The smallest absolute Gasteiger partial charge is 0.325 e. The fourth-order valence-electron chi connectivity index (χ4n) is 2.18. The van der Waals surface area contributed by atoms with E-state index in [0.717, 1.165) is 16.7 Å². The standard InChI is InChI=1S/C15H12N4O2/c20-14(21)10-19-15(16-17-18-19)13-9-5-4-8-12(13)11-6-2-1-3-7-11/h1-9H,10H2,(H,20,21). The van der Waals surface area contributed by atoms with Crippen molar-refractivity contribution in [3.05, 3.63) is 54.6 Å². The Balaban J connectivity index is 2.12. The largest absolute Gasteiger partial charge is 0.480 e. The zero-order chi connectivity index (χ0) is 14.7. The first-order valence-electron chi connectivity index (χ1n) is 6.38. The summed E-state index contributed by atoms with van der Waals surface area (Å²) in [6, 6.07) is 17.5. The van der Waals surface area contributed by atoms with E-state index in [-0.39, 0.29) is 6.54 Å². The minimum absolute atomic E-state index is 0.272. The second-order valence-electron chi connectivity index (χ2n) is 4.47. The summed E-state index contributed by atoms with van der Waals surface area (Å²) >= 11 is 0. The number of aliphatic carboxylic acids is 1. The molecule has 21 heavy (non-hydrogen) atoms. The molecule has 0 bridgehead atoms. The molecule has 3 aromatic rings. The number of carboxylic acid groups (broad SMARTS) is 1. The Labute approximate surface area is 120 Å². The third-order valence-corrected chi connectivity index (χ3v) is 3.07. The first-order chi connectivity index (χ1) is 10.3. The van der Waals surface area contributed by atoms with E-state index in [4.69, 9.17) is 5.11 Å². The monoisotopic (exact) mass is 280 g/mol. The fourth-order valence-corrected chi connectivity index (χ4v) is 2.18. The fraction of sp³-hybridized carbons (Fsp3) is 0.0667. The molecule has 3 rings (SSSR count). The van der Waals surface area contributed by atoms with E-state index in [1.165, 1.54) is 4.68 Å². The summed E-state index contributed by atoms with van der Waals surface area (Å²) in [7, 11) is 0. The molecule has 2 aromatic carbocycles. The van der Waals surface area contributed by atoms with Crippen molar-refractivity contribution in [3.63, 3.8) is 0 Å². The van der Waals surface area contributed by atoms with Crippen molar-refractivity contribution < 1.29 is 9.90 Å². The lowest BCUT2D eigenvalue weighted by atomic mass is 9.99. The molecule has 0 radical (unpaired) electrons. The van der Waals surface area contributed by atoms with Crippen LogP contribution in [0.15, 0.2) is 54.6 Å². The molecule has 0 atom stereocenters. The molecule has 6 nitrogen and oxygen atoms in total. The van der Waals surface area contributed by atoms with Crippen LogP contribution in [0.4, 0.5) is 0 Å².